The van der Waals surface area contributed by atoms with Crippen LogP contribution in [0.15, 0.2) is 35.7 Å². The van der Waals surface area contributed by atoms with Crippen LogP contribution < -0.4 is 11.1 Å². The number of hydrogen-bond acceptors (Lipinski definition) is 5. The Kier molecular flexibility index (Phi) is 5.31. The number of piperazine rings is 1. The third kappa shape index (κ3) is 3.93. The molecule has 22 heavy (non-hydrogen) atoms. The first kappa shape index (κ1) is 16.2. The molecule has 0 bridgehead atoms. The highest BCUT2D eigenvalue weighted by atomic mass is 32.1. The topological polar surface area (TPSA) is 68.3 Å². The van der Waals surface area contributed by atoms with Gasteiger partial charge in [-0.2, -0.15) is 5.26 Å². The molecule has 0 aliphatic carbocycles. The summed E-state index contributed by atoms with van der Waals surface area (Å²) < 4.78 is 12.9. The van der Waals surface area contributed by atoms with Crippen molar-refractivity contribution in [2.75, 3.05) is 38.5 Å². The van der Waals surface area contributed by atoms with Crippen LogP contribution in [-0.2, 0) is 0 Å². The molecule has 0 amide bonds. The normalized spacial score (nSPS) is 16.7. The molecule has 116 valence electrons. The molecule has 1 heterocycles. The molecular formula is C15H18FN5S. The van der Waals surface area contributed by atoms with Gasteiger partial charge in [0.15, 0.2) is 0 Å². The molecule has 1 aromatic rings. The fourth-order valence-corrected chi connectivity index (χ4v) is 2.42. The van der Waals surface area contributed by atoms with E-state index in [1.54, 1.807) is 12.1 Å². The minimum absolute atomic E-state index is 0.240. The van der Waals surface area contributed by atoms with E-state index in [9.17, 15) is 9.65 Å². The molecule has 0 atom stereocenters. The lowest BCUT2D eigenvalue weighted by Crippen LogP contribution is -2.46. The van der Waals surface area contributed by atoms with Crippen LogP contribution in [0.25, 0.3) is 0 Å². The maximum Gasteiger partial charge on any atom is 0.127 e. The molecule has 2 rings (SSSR count). The smallest absolute Gasteiger partial charge is 0.127 e. The zero-order valence-electron chi connectivity index (χ0n) is 12.3. The lowest BCUT2D eigenvalue weighted by molar-refractivity contribution is 0.184. The standard InChI is InChI=1S/C15H18FN5S/c1-20-6-8-21(9-7-20)14(18)13(10-17)15(22)19-12-4-2-11(16)3-5-12/h2-5H,6-9,18H2,1H3,(H,19,22)/b14-13+. The lowest BCUT2D eigenvalue weighted by Gasteiger charge is -2.34. The predicted octanol–water partition coefficient (Wildman–Crippen LogP) is 1.51. The van der Waals surface area contributed by atoms with E-state index in [2.05, 4.69) is 16.3 Å². The summed E-state index contributed by atoms with van der Waals surface area (Å²) in [6, 6.07) is 7.83. The quantitative estimate of drug-likeness (QED) is 0.500. The summed E-state index contributed by atoms with van der Waals surface area (Å²) >= 11 is 5.26. The van der Waals surface area contributed by atoms with E-state index in [4.69, 9.17) is 18.0 Å². The van der Waals surface area contributed by atoms with Crippen molar-refractivity contribution in [2.45, 2.75) is 0 Å². The first-order valence-electron chi connectivity index (χ1n) is 6.91. The molecular weight excluding hydrogens is 301 g/mol. The van der Waals surface area contributed by atoms with Gasteiger partial charge in [-0.15, -0.1) is 0 Å². The molecule has 0 unspecified atom stereocenters. The van der Waals surface area contributed by atoms with Crippen molar-refractivity contribution >= 4 is 22.9 Å². The van der Waals surface area contributed by atoms with Crippen LogP contribution in [0.2, 0.25) is 0 Å². The summed E-state index contributed by atoms with van der Waals surface area (Å²) in [5, 5.41) is 12.3. The Bertz CT molecular complexity index is 612. The van der Waals surface area contributed by atoms with Crippen LogP contribution in [0.4, 0.5) is 10.1 Å². The SMILES string of the molecule is CN1CCN(/C(N)=C(\C#N)C(=S)Nc2ccc(F)cc2)CC1. The van der Waals surface area contributed by atoms with Crippen LogP contribution in [0, 0.1) is 17.1 Å². The van der Waals surface area contributed by atoms with E-state index < -0.39 is 0 Å². The van der Waals surface area contributed by atoms with Crippen LogP contribution in [0.5, 0.6) is 0 Å². The molecule has 1 saturated heterocycles. The second kappa shape index (κ2) is 7.20. The van der Waals surface area contributed by atoms with Crippen molar-refractivity contribution in [3.63, 3.8) is 0 Å². The Hall–Kier alpha value is -2.17. The third-order valence-electron chi connectivity index (χ3n) is 3.54. The summed E-state index contributed by atoms with van der Waals surface area (Å²) in [5.74, 6) is 0.0553. The van der Waals surface area contributed by atoms with Crippen LogP contribution in [0.1, 0.15) is 0 Å². The average molecular weight is 319 g/mol. The molecule has 0 radical (unpaired) electrons. The van der Waals surface area contributed by atoms with Crippen LogP contribution in [-0.4, -0.2) is 48.0 Å². The van der Waals surface area contributed by atoms with Crippen molar-refractivity contribution in [1.82, 2.24) is 9.80 Å². The minimum Gasteiger partial charge on any atom is -0.384 e. The largest absolute Gasteiger partial charge is 0.384 e. The van der Waals surface area contributed by atoms with Crippen molar-refractivity contribution in [3.8, 4) is 6.07 Å². The zero-order chi connectivity index (χ0) is 16.1. The Morgan fingerprint density at radius 2 is 1.86 bits per heavy atom. The first-order chi connectivity index (χ1) is 10.5. The first-order valence-corrected chi connectivity index (χ1v) is 7.32. The van der Waals surface area contributed by atoms with E-state index >= 15 is 0 Å². The third-order valence-corrected chi connectivity index (χ3v) is 3.85. The number of halogens is 1. The number of nitrogens with one attached hydrogen (secondary N) is 1. The molecule has 7 heteroatoms. The number of likely N-dealkylation sites (N-methyl/N-ethyl adjacent to an activating group) is 1. The highest BCUT2D eigenvalue weighted by Crippen LogP contribution is 2.14. The molecule has 5 nitrogen and oxygen atoms in total. The number of thiocarbonyl (C=S) groups is 1. The number of hydrogen-bond donors (Lipinski definition) is 2. The maximum absolute atomic E-state index is 12.9. The number of nitrogens with two attached hydrogens (primary N) is 1. The van der Waals surface area contributed by atoms with Gasteiger partial charge >= 0.3 is 0 Å². The number of rotatable bonds is 3. The fraction of sp³-hybridized carbons (Fsp3) is 0.333. The van der Waals surface area contributed by atoms with E-state index in [0.717, 1.165) is 26.2 Å². The van der Waals surface area contributed by atoms with E-state index in [-0.39, 0.29) is 16.4 Å². The van der Waals surface area contributed by atoms with Gasteiger partial charge in [-0.05, 0) is 31.3 Å². The second-order valence-electron chi connectivity index (χ2n) is 5.12. The van der Waals surface area contributed by atoms with Gasteiger partial charge in [0.1, 0.15) is 28.3 Å². The predicted molar refractivity (Wildman–Crippen MR) is 88.5 cm³/mol. The molecule has 1 aliphatic heterocycles. The summed E-state index contributed by atoms with van der Waals surface area (Å²) in [4.78, 5) is 4.40. The van der Waals surface area contributed by atoms with Gasteiger partial charge < -0.3 is 20.9 Å². The number of nitrogens with zero attached hydrogens (tertiary/aromatic N) is 3. The molecule has 1 aromatic carbocycles. The van der Waals surface area contributed by atoms with Crippen molar-refractivity contribution in [2.24, 2.45) is 5.73 Å². The van der Waals surface area contributed by atoms with Gasteiger partial charge in [0.05, 0.1) is 0 Å². The van der Waals surface area contributed by atoms with E-state index in [1.165, 1.54) is 12.1 Å². The molecule has 3 N–H and O–H groups in total. The lowest BCUT2D eigenvalue weighted by atomic mass is 10.2. The van der Waals surface area contributed by atoms with Crippen molar-refractivity contribution < 1.29 is 4.39 Å². The van der Waals surface area contributed by atoms with Gasteiger partial charge in [0.25, 0.3) is 0 Å². The van der Waals surface area contributed by atoms with Gasteiger partial charge in [-0.25, -0.2) is 4.39 Å². The number of benzene rings is 1. The number of anilines is 1. The summed E-state index contributed by atoms with van der Waals surface area (Å²) in [7, 11) is 2.04. The Morgan fingerprint density at radius 1 is 1.27 bits per heavy atom. The van der Waals surface area contributed by atoms with Gasteiger partial charge in [0, 0.05) is 31.9 Å². The second-order valence-corrected chi connectivity index (χ2v) is 5.53. The highest BCUT2D eigenvalue weighted by Gasteiger charge is 2.19. The van der Waals surface area contributed by atoms with Gasteiger partial charge in [-0.3, -0.25) is 0 Å². The molecule has 1 aliphatic rings. The zero-order valence-corrected chi connectivity index (χ0v) is 13.2. The molecule has 1 fully saturated rings. The monoisotopic (exact) mass is 319 g/mol. The highest BCUT2D eigenvalue weighted by molar-refractivity contribution is 7.81. The molecule has 0 aromatic heterocycles. The fourth-order valence-electron chi connectivity index (χ4n) is 2.16. The van der Waals surface area contributed by atoms with Crippen molar-refractivity contribution in [3.05, 3.63) is 41.5 Å². The van der Waals surface area contributed by atoms with Gasteiger partial charge in [0.2, 0.25) is 0 Å². The molecule has 0 saturated carbocycles. The molecule has 0 spiro atoms. The number of nitriles is 1. The Balaban J connectivity index is 2.12. The van der Waals surface area contributed by atoms with E-state index in [0.29, 0.717) is 11.5 Å². The maximum atomic E-state index is 12.9. The summed E-state index contributed by atoms with van der Waals surface area (Å²) in [5.41, 5.74) is 6.96. The Morgan fingerprint density at radius 3 is 2.41 bits per heavy atom. The summed E-state index contributed by atoms with van der Waals surface area (Å²) in [6.07, 6.45) is 0. The average Bonchev–Trinajstić information content (AvgIpc) is 2.51. The van der Waals surface area contributed by atoms with Crippen LogP contribution in [0.3, 0.4) is 0 Å². The minimum atomic E-state index is -0.329. The van der Waals surface area contributed by atoms with Crippen LogP contribution >= 0.6 is 12.2 Å². The van der Waals surface area contributed by atoms with Gasteiger partial charge in [-0.1, -0.05) is 12.2 Å². The Labute approximate surface area is 134 Å². The van der Waals surface area contributed by atoms with Crippen molar-refractivity contribution in [1.29, 1.82) is 5.26 Å². The van der Waals surface area contributed by atoms with E-state index in [1.807, 2.05) is 11.9 Å². The summed E-state index contributed by atoms with van der Waals surface area (Å²) in [6.45, 7) is 3.29.